The van der Waals surface area contributed by atoms with E-state index in [2.05, 4.69) is 53.8 Å². The molecule has 3 atom stereocenters. The first-order valence-electron chi connectivity index (χ1n) is 13.8. The predicted octanol–water partition coefficient (Wildman–Crippen LogP) is 4.24. The van der Waals surface area contributed by atoms with E-state index >= 15 is 0 Å². The van der Waals surface area contributed by atoms with Gasteiger partial charge in [-0.3, -0.25) is 14.4 Å². The summed E-state index contributed by atoms with van der Waals surface area (Å²) in [5.41, 5.74) is 4.23. The van der Waals surface area contributed by atoms with Crippen molar-refractivity contribution in [2.24, 2.45) is 7.05 Å². The van der Waals surface area contributed by atoms with Crippen molar-refractivity contribution in [1.29, 1.82) is 5.26 Å². The van der Waals surface area contributed by atoms with E-state index in [0.29, 0.717) is 11.3 Å². The largest absolute Gasteiger partial charge is 0.467 e. The molecule has 0 aromatic carbocycles. The van der Waals surface area contributed by atoms with Gasteiger partial charge in [0.1, 0.15) is 28.5 Å². The third-order valence-electron chi connectivity index (χ3n) is 8.14. The van der Waals surface area contributed by atoms with E-state index in [1.807, 2.05) is 0 Å². The second-order valence-electron chi connectivity index (χ2n) is 10.7. The number of nitrogens with zero attached hydrogens (tertiary/aromatic N) is 8. The lowest BCUT2D eigenvalue weighted by Crippen LogP contribution is -2.58. The zero-order valence-electron chi connectivity index (χ0n) is 22.9. The van der Waals surface area contributed by atoms with Gasteiger partial charge in [-0.2, -0.15) is 10.4 Å². The normalized spacial score (nSPS) is 20.9. The summed E-state index contributed by atoms with van der Waals surface area (Å²) in [6, 6.07) is 8.63. The van der Waals surface area contributed by atoms with E-state index in [1.54, 1.807) is 28.6 Å². The Labute approximate surface area is 231 Å². The van der Waals surface area contributed by atoms with Crippen LogP contribution in [0.3, 0.4) is 0 Å². The summed E-state index contributed by atoms with van der Waals surface area (Å²) in [7, 11) is 1.76. The van der Waals surface area contributed by atoms with Gasteiger partial charge in [-0.1, -0.05) is 25.2 Å². The van der Waals surface area contributed by atoms with Gasteiger partial charge in [0.15, 0.2) is 0 Å². The Kier molecular flexibility index (Phi) is 6.77. The molecule has 1 saturated heterocycles. The molecule has 1 aliphatic carbocycles. The fourth-order valence-corrected chi connectivity index (χ4v) is 6.52. The predicted molar refractivity (Wildman–Crippen MR) is 152 cm³/mol. The quantitative estimate of drug-likeness (QED) is 0.323. The van der Waals surface area contributed by atoms with Crippen LogP contribution >= 0.6 is 11.3 Å². The SMILES string of the molecule is CC[C@H]1CN([C@@H](C)c2ccc3nc(OC4CC4)sc3n2)[C@H](CC)CN1c1cc(=O)n(C)c2cn(CC#N)nc12. The second-order valence-corrected chi connectivity index (χ2v) is 11.6. The number of hydrogen-bond donors (Lipinski definition) is 0. The van der Waals surface area contributed by atoms with Crippen LogP contribution in [-0.4, -0.2) is 60.5 Å². The summed E-state index contributed by atoms with van der Waals surface area (Å²) >= 11 is 1.53. The third-order valence-corrected chi connectivity index (χ3v) is 8.99. The number of piperazine rings is 1. The van der Waals surface area contributed by atoms with E-state index in [4.69, 9.17) is 14.8 Å². The van der Waals surface area contributed by atoms with E-state index in [9.17, 15) is 10.1 Å². The molecule has 0 radical (unpaired) electrons. The molecule has 1 aliphatic heterocycles. The first-order valence-corrected chi connectivity index (χ1v) is 14.6. The number of aryl methyl sites for hydroxylation is 1. The Morgan fingerprint density at radius 3 is 2.69 bits per heavy atom. The average molecular weight is 547 g/mol. The van der Waals surface area contributed by atoms with Crippen molar-refractivity contribution in [3.05, 3.63) is 40.4 Å². The number of ether oxygens (including phenoxy) is 1. The minimum atomic E-state index is -0.0696. The summed E-state index contributed by atoms with van der Waals surface area (Å²) in [6.45, 7) is 8.44. The molecule has 39 heavy (non-hydrogen) atoms. The van der Waals surface area contributed by atoms with Crippen LogP contribution in [0.1, 0.15) is 58.2 Å². The van der Waals surface area contributed by atoms with Gasteiger partial charge in [0.05, 0.1) is 29.2 Å². The fourth-order valence-electron chi connectivity index (χ4n) is 5.66. The zero-order valence-corrected chi connectivity index (χ0v) is 23.7. The highest BCUT2D eigenvalue weighted by molar-refractivity contribution is 7.19. The number of aromatic nitrogens is 5. The molecular weight excluding hydrogens is 512 g/mol. The molecule has 0 amide bonds. The van der Waals surface area contributed by atoms with Crippen LogP contribution in [-0.2, 0) is 13.6 Å². The van der Waals surface area contributed by atoms with Crippen molar-refractivity contribution in [3.63, 3.8) is 0 Å². The van der Waals surface area contributed by atoms with Crippen molar-refractivity contribution in [1.82, 2.24) is 29.2 Å². The average Bonchev–Trinajstić information content (AvgIpc) is 3.50. The van der Waals surface area contributed by atoms with Crippen LogP contribution < -0.4 is 15.2 Å². The Morgan fingerprint density at radius 2 is 1.97 bits per heavy atom. The van der Waals surface area contributed by atoms with Gasteiger partial charge >= 0.3 is 0 Å². The highest BCUT2D eigenvalue weighted by Crippen LogP contribution is 2.36. The molecule has 2 aliphatic rings. The number of pyridine rings is 2. The molecule has 1 saturated carbocycles. The Balaban J connectivity index is 1.30. The number of hydrogen-bond acceptors (Lipinski definition) is 9. The van der Waals surface area contributed by atoms with E-state index in [1.165, 1.54) is 11.3 Å². The molecule has 4 aromatic rings. The number of rotatable bonds is 8. The maximum absolute atomic E-state index is 12.9. The molecule has 2 fully saturated rings. The molecule has 5 heterocycles. The number of anilines is 1. The Morgan fingerprint density at radius 1 is 1.18 bits per heavy atom. The van der Waals surface area contributed by atoms with Gasteiger partial charge in [-0.05, 0) is 44.7 Å². The molecule has 10 nitrogen and oxygen atoms in total. The Hall–Kier alpha value is -3.49. The fraction of sp³-hybridized carbons (Fsp3) is 0.536. The molecule has 204 valence electrons. The minimum Gasteiger partial charge on any atom is -0.467 e. The molecule has 0 unspecified atom stereocenters. The van der Waals surface area contributed by atoms with Crippen LogP contribution in [0.4, 0.5) is 5.69 Å². The van der Waals surface area contributed by atoms with E-state index < -0.39 is 0 Å². The van der Waals surface area contributed by atoms with E-state index in [-0.39, 0.29) is 30.2 Å². The van der Waals surface area contributed by atoms with E-state index in [0.717, 1.165) is 71.5 Å². The molecule has 4 aromatic heterocycles. The highest BCUT2D eigenvalue weighted by Gasteiger charge is 2.37. The van der Waals surface area contributed by atoms with Crippen molar-refractivity contribution < 1.29 is 4.74 Å². The first-order chi connectivity index (χ1) is 18.9. The second kappa shape index (κ2) is 10.2. The topological polar surface area (TPSA) is 105 Å². The Bertz CT molecular complexity index is 1610. The van der Waals surface area contributed by atoms with Gasteiger partial charge < -0.3 is 14.2 Å². The molecule has 0 bridgehead atoms. The lowest BCUT2D eigenvalue weighted by atomic mass is 9.98. The van der Waals surface area contributed by atoms with Crippen LogP contribution in [0.15, 0.2) is 29.2 Å². The number of thiazole rings is 1. The monoisotopic (exact) mass is 546 g/mol. The van der Waals surface area contributed by atoms with Gasteiger partial charge in [0.25, 0.3) is 10.8 Å². The molecule has 11 heteroatoms. The standard InChI is InChI=1S/C28H34N8O2S/c1-5-18-15-36(23-13-25(37)33(4)24-16-34(12-11-29)32-26(23)24)19(6-2)14-35(18)17(3)21-9-10-22-27(30-21)39-28(31-22)38-20-7-8-20/h9-10,13,16-20H,5-8,12,14-15H2,1-4H3/t17-,18+,19-/m0/s1. The summed E-state index contributed by atoms with van der Waals surface area (Å²) in [6.07, 6.45) is 6.23. The summed E-state index contributed by atoms with van der Waals surface area (Å²) in [5, 5.41) is 14.6. The van der Waals surface area contributed by atoms with Crippen LogP contribution in [0, 0.1) is 11.3 Å². The maximum Gasteiger partial charge on any atom is 0.276 e. The molecule has 6 rings (SSSR count). The molecule has 0 spiro atoms. The van der Waals surface area contributed by atoms with Gasteiger partial charge in [0, 0.05) is 44.3 Å². The third kappa shape index (κ3) is 4.76. The first kappa shape index (κ1) is 25.8. The van der Waals surface area contributed by atoms with Crippen LogP contribution in [0.5, 0.6) is 5.19 Å². The summed E-state index contributed by atoms with van der Waals surface area (Å²) in [5.74, 6) is 0. The van der Waals surface area contributed by atoms with Crippen molar-refractivity contribution in [2.75, 3.05) is 18.0 Å². The van der Waals surface area contributed by atoms with Gasteiger partial charge in [-0.15, -0.1) is 0 Å². The van der Waals surface area contributed by atoms with Crippen LogP contribution in [0.25, 0.3) is 21.4 Å². The molecule has 0 N–H and O–H groups in total. The zero-order chi connectivity index (χ0) is 27.3. The van der Waals surface area contributed by atoms with Crippen LogP contribution in [0.2, 0.25) is 0 Å². The lowest BCUT2D eigenvalue weighted by Gasteiger charge is -2.49. The van der Waals surface area contributed by atoms with Crippen molar-refractivity contribution in [2.45, 2.75) is 77.2 Å². The van der Waals surface area contributed by atoms with Gasteiger partial charge in [0.2, 0.25) is 0 Å². The smallest absolute Gasteiger partial charge is 0.276 e. The number of nitriles is 1. The minimum absolute atomic E-state index is 0.0696. The molecular formula is C28H34N8O2S. The van der Waals surface area contributed by atoms with Crippen molar-refractivity contribution in [3.8, 4) is 11.3 Å². The van der Waals surface area contributed by atoms with Crippen molar-refractivity contribution >= 4 is 38.4 Å². The number of fused-ring (bicyclic) bond motifs is 2. The summed E-state index contributed by atoms with van der Waals surface area (Å²) < 4.78 is 9.14. The van der Waals surface area contributed by atoms with Gasteiger partial charge in [-0.25, -0.2) is 9.97 Å². The highest BCUT2D eigenvalue weighted by atomic mass is 32.1. The lowest BCUT2D eigenvalue weighted by molar-refractivity contribution is 0.0993. The maximum atomic E-state index is 12.9. The summed E-state index contributed by atoms with van der Waals surface area (Å²) in [4.78, 5) is 28.4.